The fraction of sp³-hybridized carbons (Fsp3) is 0.286. The van der Waals surface area contributed by atoms with Gasteiger partial charge in [-0.25, -0.2) is 0 Å². The Labute approximate surface area is 173 Å². The summed E-state index contributed by atoms with van der Waals surface area (Å²) in [5.41, 5.74) is 0.607. The third kappa shape index (κ3) is 3.39. The van der Waals surface area contributed by atoms with Crippen LogP contribution in [0.3, 0.4) is 0 Å². The maximum Gasteiger partial charge on any atom is 0.197 e. The van der Waals surface area contributed by atoms with Crippen LogP contribution in [0.15, 0.2) is 39.5 Å². The first-order chi connectivity index (χ1) is 13.8. The minimum atomic E-state index is -0.766. The summed E-state index contributed by atoms with van der Waals surface area (Å²) in [4.78, 5) is 14.8. The number of likely N-dealkylation sites (N-methyl/N-ethyl adjacent to an activating group) is 1. The number of aromatic hydroxyl groups is 2. The molecular formula is C21H19BClNO5. The van der Waals surface area contributed by atoms with Crippen LogP contribution in [0.25, 0.3) is 22.3 Å². The lowest BCUT2D eigenvalue weighted by molar-refractivity contribution is 0.0631. The molecular weight excluding hydrogens is 392 g/mol. The van der Waals surface area contributed by atoms with Gasteiger partial charge in [0.15, 0.2) is 5.43 Å². The molecule has 1 aliphatic rings. The highest BCUT2D eigenvalue weighted by atomic mass is 35.5. The SMILES string of the molecule is [B]c1cccc(-c2cc(=O)c3c(O)cc(O)c(C4CCN(C)CC4O)c3o2)c1Cl. The minimum Gasteiger partial charge on any atom is -0.507 e. The van der Waals surface area contributed by atoms with Gasteiger partial charge in [-0.3, -0.25) is 4.79 Å². The number of phenols is 2. The van der Waals surface area contributed by atoms with Gasteiger partial charge in [0.05, 0.1) is 6.10 Å². The van der Waals surface area contributed by atoms with E-state index in [2.05, 4.69) is 0 Å². The zero-order valence-electron chi connectivity index (χ0n) is 15.7. The van der Waals surface area contributed by atoms with E-state index in [1.54, 1.807) is 18.2 Å². The van der Waals surface area contributed by atoms with Crippen LogP contribution in [0.5, 0.6) is 11.5 Å². The molecule has 2 heterocycles. The van der Waals surface area contributed by atoms with Gasteiger partial charge in [0.2, 0.25) is 0 Å². The van der Waals surface area contributed by atoms with Gasteiger partial charge in [0.25, 0.3) is 0 Å². The molecule has 1 saturated heterocycles. The number of halogens is 1. The first-order valence-corrected chi connectivity index (χ1v) is 9.59. The number of aliphatic hydroxyl groups excluding tert-OH is 1. The topological polar surface area (TPSA) is 94.1 Å². The molecule has 2 radical (unpaired) electrons. The van der Waals surface area contributed by atoms with E-state index in [4.69, 9.17) is 23.9 Å². The zero-order valence-corrected chi connectivity index (χ0v) is 16.5. The second-order valence-electron chi connectivity index (χ2n) is 7.44. The van der Waals surface area contributed by atoms with Crippen molar-refractivity contribution >= 4 is 35.9 Å². The first-order valence-electron chi connectivity index (χ1n) is 9.21. The Morgan fingerprint density at radius 1 is 1.24 bits per heavy atom. The summed E-state index contributed by atoms with van der Waals surface area (Å²) in [7, 11) is 7.76. The average molecular weight is 412 g/mol. The number of nitrogens with zero attached hydrogens (tertiary/aromatic N) is 1. The van der Waals surface area contributed by atoms with Crippen LogP contribution in [0, 0.1) is 0 Å². The summed E-state index contributed by atoms with van der Waals surface area (Å²) >= 11 is 6.29. The van der Waals surface area contributed by atoms with Gasteiger partial charge in [0, 0.05) is 40.7 Å². The molecule has 1 aromatic heterocycles. The first kappa shape index (κ1) is 19.8. The molecule has 29 heavy (non-hydrogen) atoms. The lowest BCUT2D eigenvalue weighted by Crippen LogP contribution is -2.40. The Hall–Kier alpha value is -2.48. The summed E-state index contributed by atoms with van der Waals surface area (Å²) in [5, 5.41) is 31.7. The summed E-state index contributed by atoms with van der Waals surface area (Å²) in [5.74, 6) is -0.914. The zero-order chi connectivity index (χ0) is 20.9. The molecule has 2 aromatic carbocycles. The van der Waals surface area contributed by atoms with E-state index in [-0.39, 0.29) is 33.3 Å². The van der Waals surface area contributed by atoms with Gasteiger partial charge in [-0.15, -0.1) is 0 Å². The number of piperidine rings is 1. The van der Waals surface area contributed by atoms with Crippen molar-refractivity contribution in [2.45, 2.75) is 18.4 Å². The molecule has 0 bridgehead atoms. The van der Waals surface area contributed by atoms with Gasteiger partial charge >= 0.3 is 0 Å². The number of hydrogen-bond donors (Lipinski definition) is 3. The third-order valence-electron chi connectivity index (χ3n) is 5.45. The van der Waals surface area contributed by atoms with E-state index in [1.165, 1.54) is 6.07 Å². The van der Waals surface area contributed by atoms with Gasteiger partial charge in [-0.2, -0.15) is 0 Å². The molecule has 0 aliphatic carbocycles. The molecule has 3 aromatic rings. The fourth-order valence-electron chi connectivity index (χ4n) is 3.98. The van der Waals surface area contributed by atoms with Gasteiger partial charge in [-0.1, -0.05) is 29.2 Å². The number of rotatable bonds is 2. The molecule has 2 atom stereocenters. The molecule has 4 rings (SSSR count). The molecule has 0 amide bonds. The number of likely N-dealkylation sites (tertiary alicyclic amines) is 1. The highest BCUT2D eigenvalue weighted by molar-refractivity contribution is 6.46. The van der Waals surface area contributed by atoms with Crippen LogP contribution >= 0.6 is 11.6 Å². The molecule has 0 saturated carbocycles. The van der Waals surface area contributed by atoms with Crippen LogP contribution in [-0.2, 0) is 0 Å². The largest absolute Gasteiger partial charge is 0.507 e. The van der Waals surface area contributed by atoms with Crippen LogP contribution in [0.1, 0.15) is 17.9 Å². The average Bonchev–Trinajstić information content (AvgIpc) is 2.64. The van der Waals surface area contributed by atoms with E-state index in [0.29, 0.717) is 36.1 Å². The minimum absolute atomic E-state index is 0.0390. The number of phenolic OH excluding ortho intramolecular Hbond substituents is 2. The van der Waals surface area contributed by atoms with Crippen molar-refractivity contribution in [1.29, 1.82) is 0 Å². The number of benzene rings is 2. The monoisotopic (exact) mass is 411 g/mol. The Kier molecular flexibility index (Phi) is 5.06. The van der Waals surface area contributed by atoms with Crippen molar-refractivity contribution < 1.29 is 19.7 Å². The smallest absolute Gasteiger partial charge is 0.197 e. The molecule has 148 valence electrons. The molecule has 0 spiro atoms. The number of aliphatic hydroxyl groups is 1. The maximum atomic E-state index is 12.8. The predicted molar refractivity (Wildman–Crippen MR) is 113 cm³/mol. The molecule has 2 unspecified atom stereocenters. The summed E-state index contributed by atoms with van der Waals surface area (Å²) in [6.45, 7) is 1.12. The lowest BCUT2D eigenvalue weighted by Gasteiger charge is -2.34. The van der Waals surface area contributed by atoms with Crippen LogP contribution in [0.2, 0.25) is 5.02 Å². The lowest BCUT2D eigenvalue weighted by atomic mass is 9.85. The van der Waals surface area contributed by atoms with Gasteiger partial charge < -0.3 is 24.6 Å². The standard InChI is InChI=1S/C21H19BClNO5/c1-24-6-5-10(16(28)9-24)18-13(25)7-14(26)19-15(27)8-17(29-21(18)19)11-3-2-4-12(22)20(11)23/h2-4,7-8,10,16,25-26,28H,5-6,9H2,1H3. The normalized spacial score (nSPS) is 20.2. The van der Waals surface area contributed by atoms with Crippen molar-refractivity contribution in [1.82, 2.24) is 4.90 Å². The van der Waals surface area contributed by atoms with E-state index in [0.717, 1.165) is 6.07 Å². The third-order valence-corrected chi connectivity index (χ3v) is 5.87. The Morgan fingerprint density at radius 2 is 2.00 bits per heavy atom. The van der Waals surface area contributed by atoms with Gasteiger partial charge in [-0.05, 0) is 26.1 Å². The maximum absolute atomic E-state index is 12.8. The Balaban J connectivity index is 2.00. The van der Waals surface area contributed by atoms with E-state index >= 15 is 0 Å². The van der Waals surface area contributed by atoms with Crippen molar-refractivity contribution in [2.24, 2.45) is 0 Å². The van der Waals surface area contributed by atoms with Gasteiger partial charge in [0.1, 0.15) is 36.1 Å². The van der Waals surface area contributed by atoms with Crippen molar-refractivity contribution in [2.75, 3.05) is 20.1 Å². The number of fused-ring (bicyclic) bond motifs is 1. The highest BCUT2D eigenvalue weighted by Gasteiger charge is 2.33. The quantitative estimate of drug-likeness (QED) is 0.559. The van der Waals surface area contributed by atoms with E-state index in [9.17, 15) is 20.1 Å². The Bertz CT molecular complexity index is 1160. The van der Waals surface area contributed by atoms with Crippen LogP contribution in [0.4, 0.5) is 0 Å². The van der Waals surface area contributed by atoms with Crippen LogP contribution < -0.4 is 10.9 Å². The second-order valence-corrected chi connectivity index (χ2v) is 7.82. The summed E-state index contributed by atoms with van der Waals surface area (Å²) in [6, 6.07) is 7.32. The van der Waals surface area contributed by atoms with Crippen molar-refractivity contribution in [3.8, 4) is 22.8 Å². The number of β-amino-alcohol motifs (C(OH)–C–C–N with tert-alkyl or cyclic N) is 1. The van der Waals surface area contributed by atoms with Crippen LogP contribution in [-0.4, -0.2) is 54.3 Å². The summed E-state index contributed by atoms with van der Waals surface area (Å²) in [6.07, 6.45) is -0.213. The predicted octanol–water partition coefficient (Wildman–Crippen LogP) is 2.10. The molecule has 8 heteroatoms. The van der Waals surface area contributed by atoms with Crippen molar-refractivity contribution in [3.63, 3.8) is 0 Å². The molecule has 1 aliphatic heterocycles. The number of hydrogen-bond acceptors (Lipinski definition) is 6. The van der Waals surface area contributed by atoms with E-state index in [1.807, 2.05) is 11.9 Å². The second kappa shape index (κ2) is 7.41. The molecule has 6 nitrogen and oxygen atoms in total. The Morgan fingerprint density at radius 3 is 2.72 bits per heavy atom. The highest BCUT2D eigenvalue weighted by Crippen LogP contribution is 2.42. The van der Waals surface area contributed by atoms with Crippen molar-refractivity contribution in [3.05, 3.63) is 51.1 Å². The summed E-state index contributed by atoms with van der Waals surface area (Å²) < 4.78 is 6.00. The molecule has 3 N–H and O–H groups in total. The molecule has 1 fully saturated rings. The van der Waals surface area contributed by atoms with E-state index < -0.39 is 17.5 Å². The fourth-order valence-corrected chi connectivity index (χ4v) is 4.20.